The summed E-state index contributed by atoms with van der Waals surface area (Å²) in [5.74, 6) is 6.37. The summed E-state index contributed by atoms with van der Waals surface area (Å²) in [5, 5.41) is 17.8. The topological polar surface area (TPSA) is 85.2 Å². The molecule has 0 bridgehead atoms. The van der Waals surface area contributed by atoms with Crippen molar-refractivity contribution < 1.29 is 116 Å². The summed E-state index contributed by atoms with van der Waals surface area (Å²) in [5.41, 5.74) is 5.12. The molecule has 1 atom stereocenters. The Bertz CT molecular complexity index is 4780. The number of ketones is 1. The van der Waals surface area contributed by atoms with Gasteiger partial charge in [0.2, 0.25) is 0 Å². The monoisotopic (exact) mass is 2120 g/mol. The van der Waals surface area contributed by atoms with E-state index in [1.807, 2.05) is 0 Å². The maximum absolute atomic E-state index is 14.8. The Morgan fingerprint density at radius 1 is 0.331 bits per heavy atom. The predicted octanol–water partition coefficient (Wildman–Crippen LogP) is 34.3. The third-order valence-corrected chi connectivity index (χ3v) is 33.8. The number of rotatable bonds is 25. The van der Waals surface area contributed by atoms with E-state index < -0.39 is 82.4 Å². The molecule has 9 fully saturated rings. The molecule has 17 rings (SSSR count). The molecule has 800 valence electrons. The van der Waals surface area contributed by atoms with Gasteiger partial charge in [-0.2, -0.15) is 6.07 Å². The summed E-state index contributed by atoms with van der Waals surface area (Å²) in [6.07, 6.45) is 54.9. The first-order chi connectivity index (χ1) is 68.7. The minimum atomic E-state index is -4.78. The molecule has 6 nitrogen and oxygen atoms in total. The van der Waals surface area contributed by atoms with E-state index in [0.29, 0.717) is 34.0 Å². The number of Topliss-reactive ketones (excluding diaryl/α,β-unsaturated/α-hetero) is 1. The zero-order chi connectivity index (χ0) is 103. The molecular formula is C121H159BrF16MgO6. The Hall–Kier alpha value is -6.76. The van der Waals surface area contributed by atoms with E-state index in [4.69, 9.17) is 9.84 Å². The van der Waals surface area contributed by atoms with Crippen LogP contribution in [0.15, 0.2) is 133 Å². The minimum absolute atomic E-state index is 0. The van der Waals surface area contributed by atoms with Crippen LogP contribution in [0, 0.1) is 153 Å². The Labute approximate surface area is 880 Å². The van der Waals surface area contributed by atoms with Gasteiger partial charge >= 0.3 is 35.8 Å². The molecule has 0 aliphatic heterocycles. The normalized spacial score (nSPS) is 26.1. The Morgan fingerprint density at radius 2 is 0.607 bits per heavy atom. The van der Waals surface area contributed by atoms with Gasteiger partial charge in [0.25, 0.3) is 0 Å². The van der Waals surface area contributed by atoms with Crippen LogP contribution in [0.2, 0.25) is 0 Å². The van der Waals surface area contributed by atoms with Gasteiger partial charge in [-0.25, -0.2) is 35.1 Å². The van der Waals surface area contributed by atoms with Gasteiger partial charge in [-0.3, -0.25) is 13.6 Å². The van der Waals surface area contributed by atoms with Crippen molar-refractivity contribution >= 4 is 34.4 Å². The molecule has 7 aromatic rings. The number of phenols is 1. The molecule has 145 heavy (non-hydrogen) atoms. The van der Waals surface area contributed by atoms with E-state index in [1.165, 1.54) is 310 Å². The number of allylic oxidation sites excluding steroid dienone is 2. The molecule has 10 aliphatic rings. The molecule has 7 aromatic carbocycles. The van der Waals surface area contributed by atoms with Crippen LogP contribution in [0.5, 0.6) is 23.0 Å². The number of benzene rings is 7. The van der Waals surface area contributed by atoms with Crippen LogP contribution in [0.1, 0.15) is 400 Å². The number of carbonyl (C=O) groups is 1. The van der Waals surface area contributed by atoms with Crippen molar-refractivity contribution in [3.05, 3.63) is 231 Å². The summed E-state index contributed by atoms with van der Waals surface area (Å²) in [6, 6.07) is 28.5. The zero-order valence-corrected chi connectivity index (χ0v) is 89.3. The van der Waals surface area contributed by atoms with Gasteiger partial charge in [0.15, 0.2) is 34.8 Å². The van der Waals surface area contributed by atoms with Crippen LogP contribution in [0.3, 0.4) is 0 Å². The maximum atomic E-state index is 14.8. The van der Waals surface area contributed by atoms with Gasteiger partial charge in [0.05, 0.1) is 6.61 Å². The van der Waals surface area contributed by atoms with Crippen molar-refractivity contribution in [2.45, 2.75) is 393 Å². The molecule has 0 spiro atoms. The van der Waals surface area contributed by atoms with Crippen molar-refractivity contribution in [2.75, 3.05) is 0 Å². The first-order valence-corrected chi connectivity index (χ1v) is 54.7. The fraction of sp³-hybridized carbons (Fsp3) is 0.628. The molecule has 10 aliphatic carbocycles. The van der Waals surface area contributed by atoms with Gasteiger partial charge in [-0.1, -0.05) is 193 Å². The SMILES string of the molecule is CCCC1CCC(C2CC=C(c3cc(F)cc(F)c3)CC2)CC1.CCCC1CCC(C2CCC(=O)CC2)CC1.CCCC1CCC(C2CCC(c3cc(F)c(O)c(F)c3)CC2)CC1.CCCC1CCC(C2CCC(c3cc(F)c(OCc4ccc(OC(F)(F)F)cc4)c(F)c3)CC2)CC1.CCCC1CCC(C2CCC(c3cc(F)cc(F)c3)CC2)CC1.Fc1c[c-]cc(F)c1.OCc1ccc(OC(F)(F)F)cc1.[Br-].[Mg+2]. The second-order valence-corrected chi connectivity index (χ2v) is 43.5. The second kappa shape index (κ2) is 62.3. The first-order valence-electron chi connectivity index (χ1n) is 54.7. The molecule has 1 unspecified atom stereocenters. The number of aliphatic hydroxyl groups excluding tert-OH is 1. The summed E-state index contributed by atoms with van der Waals surface area (Å²) >= 11 is 0. The molecule has 9 saturated carbocycles. The number of halogens is 17. The van der Waals surface area contributed by atoms with E-state index in [9.17, 15) is 80.1 Å². The number of ether oxygens (including phenoxy) is 3. The van der Waals surface area contributed by atoms with Crippen LogP contribution >= 0.6 is 0 Å². The number of aliphatic hydroxyl groups is 1. The third kappa shape index (κ3) is 41.1. The van der Waals surface area contributed by atoms with Gasteiger partial charge in [0, 0.05) is 36.6 Å². The summed E-state index contributed by atoms with van der Waals surface area (Å²) in [6.45, 7) is 11.0. The number of hydrogen-bond donors (Lipinski definition) is 2. The molecule has 0 amide bonds. The third-order valence-electron chi connectivity index (χ3n) is 33.8. The van der Waals surface area contributed by atoms with Gasteiger partial charge in [-0.15, -0.1) is 44.5 Å². The minimum Gasteiger partial charge on any atom is -1.00 e. The van der Waals surface area contributed by atoms with E-state index in [-0.39, 0.29) is 76.6 Å². The molecule has 0 saturated heterocycles. The number of hydrogen-bond acceptors (Lipinski definition) is 6. The fourth-order valence-corrected chi connectivity index (χ4v) is 26.0. The van der Waals surface area contributed by atoms with Crippen LogP contribution in [-0.4, -0.2) is 51.8 Å². The quantitative estimate of drug-likeness (QED) is 0.0337. The smallest absolute Gasteiger partial charge is 1.00 e. The average molecular weight is 2120 g/mol. The van der Waals surface area contributed by atoms with E-state index in [0.717, 1.165) is 237 Å². The number of aromatic hydroxyl groups is 1. The van der Waals surface area contributed by atoms with E-state index in [2.05, 4.69) is 56.2 Å². The average Bonchev–Trinajstić information content (AvgIpc) is 0.822. The Balaban J connectivity index is 0.000000194. The summed E-state index contributed by atoms with van der Waals surface area (Å²) in [4.78, 5) is 11.2. The molecule has 0 aromatic heterocycles. The molecule has 0 heterocycles. The van der Waals surface area contributed by atoms with Gasteiger partial charge in [0.1, 0.15) is 47.2 Å². The summed E-state index contributed by atoms with van der Waals surface area (Å²) < 4.78 is 219. The van der Waals surface area contributed by atoms with Gasteiger partial charge < -0.3 is 41.4 Å². The van der Waals surface area contributed by atoms with Crippen LogP contribution in [-0.2, 0) is 18.0 Å². The van der Waals surface area contributed by atoms with Crippen LogP contribution < -0.4 is 31.2 Å². The molecular weight excluding hydrogens is 1960 g/mol. The molecule has 2 N–H and O–H groups in total. The number of phenolic OH excluding ortho intramolecular Hbond substituents is 1. The maximum Gasteiger partial charge on any atom is 2.00 e. The van der Waals surface area contributed by atoms with Crippen molar-refractivity contribution in [1.29, 1.82) is 0 Å². The zero-order valence-electron chi connectivity index (χ0n) is 86.3. The molecule has 24 heteroatoms. The van der Waals surface area contributed by atoms with Crippen molar-refractivity contribution in [3.63, 3.8) is 0 Å². The second-order valence-electron chi connectivity index (χ2n) is 43.5. The van der Waals surface area contributed by atoms with E-state index in [1.54, 1.807) is 0 Å². The van der Waals surface area contributed by atoms with Crippen molar-refractivity contribution in [2.24, 2.45) is 88.8 Å². The van der Waals surface area contributed by atoms with E-state index >= 15 is 0 Å². The fourth-order valence-electron chi connectivity index (χ4n) is 26.0. The number of carbonyl (C=O) groups excluding carboxylic acids is 1. The molecule has 0 radical (unpaired) electrons. The largest absolute Gasteiger partial charge is 2.00 e. The predicted molar refractivity (Wildman–Crippen MR) is 543 cm³/mol. The van der Waals surface area contributed by atoms with Crippen LogP contribution in [0.4, 0.5) is 70.2 Å². The summed E-state index contributed by atoms with van der Waals surface area (Å²) in [7, 11) is 0. The van der Waals surface area contributed by atoms with Crippen molar-refractivity contribution in [3.8, 4) is 23.0 Å². The van der Waals surface area contributed by atoms with Gasteiger partial charge in [-0.05, 0) is 392 Å². The van der Waals surface area contributed by atoms with Crippen LogP contribution in [0.25, 0.3) is 5.57 Å². The Kier molecular flexibility index (Phi) is 52.3. The first kappa shape index (κ1) is 122. The van der Waals surface area contributed by atoms with Crippen molar-refractivity contribution in [1.82, 2.24) is 0 Å². The Morgan fingerprint density at radius 3 is 0.897 bits per heavy atom. The standard InChI is InChI=1S/C29H35F5O2.C21H30F2O.C21H30F2.C21H28F2.C15H26O.C8H7F3O2.C6H3F2.BrH.Mg/c1-2-3-19-4-8-21(9-5-19)22-10-12-23(13-11-22)24-16-26(30)28(27(31)17-24)35-18-20-6-14-25(15-7-20)36-29(32,33)34;1-2-3-14-4-6-15(7-5-14)16-8-10-17(11-9-16)18-12-19(22)21(24)20(23)13-18;2*1-2-3-15-4-6-16(7-5-15)17-8-10-18(11-9-17)19-12-20(22)14-21(23)13-19;1-2-3-12-4-6-13(7-5-12)14-8-10-15(16)11-9-14;9-8(10,11)13-7-3-1-6(5-12)2-4-7;7-5-2-1-3-6(8)4-5;;/h6-7,14-17,19,21-23H,2-5,8-13,18H2,1H3;12-17,24H,2-11H2,1H3;12-18H,2-11H2,1H3;10,12-17H,2-9,11H2,1H3;12-14H,2-11H2,1H3;1-4,12H,5H2;2-4H;1H;/q;;;;;;-1;;+2/p-1. The number of alkyl halides is 6.